The number of hydrogen-bond donors (Lipinski definition) is 1. The zero-order chi connectivity index (χ0) is 17.4. The molecule has 7 heteroatoms. The molecule has 0 unspecified atom stereocenters. The number of nitrogens with one attached hydrogen (secondary N) is 1. The number of amides is 1. The van der Waals surface area contributed by atoms with E-state index in [4.69, 9.17) is 4.42 Å². The van der Waals surface area contributed by atoms with Crippen LogP contribution in [-0.2, 0) is 0 Å². The highest BCUT2D eigenvalue weighted by Gasteiger charge is 2.21. The number of anilines is 1. The SMILES string of the molecule is Cc1oc(C)c(C(=O)Nc2nc(-c3ccc(Br)cc3)c(C)s2)c1Br. The van der Waals surface area contributed by atoms with E-state index < -0.39 is 0 Å². The van der Waals surface area contributed by atoms with Crippen molar-refractivity contribution in [3.05, 3.63) is 55.2 Å². The fraction of sp³-hybridized carbons (Fsp3) is 0.176. The molecule has 1 amide bonds. The van der Waals surface area contributed by atoms with Gasteiger partial charge in [0.15, 0.2) is 5.13 Å². The number of aromatic nitrogens is 1. The van der Waals surface area contributed by atoms with Crippen molar-refractivity contribution in [1.29, 1.82) is 0 Å². The van der Waals surface area contributed by atoms with Crippen LogP contribution in [0.1, 0.15) is 26.8 Å². The average Bonchev–Trinajstić information content (AvgIpc) is 3.00. The third kappa shape index (κ3) is 3.34. The van der Waals surface area contributed by atoms with Crippen molar-refractivity contribution in [2.24, 2.45) is 0 Å². The Morgan fingerprint density at radius 2 is 1.79 bits per heavy atom. The quantitative estimate of drug-likeness (QED) is 0.503. The Kier molecular flexibility index (Phi) is 4.94. The lowest BCUT2D eigenvalue weighted by Gasteiger charge is -2.01. The van der Waals surface area contributed by atoms with Crippen molar-refractivity contribution in [2.45, 2.75) is 20.8 Å². The summed E-state index contributed by atoms with van der Waals surface area (Å²) in [5.41, 5.74) is 2.40. The summed E-state index contributed by atoms with van der Waals surface area (Å²) in [6.45, 7) is 5.58. The van der Waals surface area contributed by atoms with Gasteiger partial charge in [-0.1, -0.05) is 28.1 Å². The molecule has 0 spiro atoms. The Bertz CT molecular complexity index is 914. The van der Waals surface area contributed by atoms with E-state index in [0.29, 0.717) is 26.7 Å². The van der Waals surface area contributed by atoms with Gasteiger partial charge in [0.25, 0.3) is 5.91 Å². The van der Waals surface area contributed by atoms with Crippen molar-refractivity contribution in [3.63, 3.8) is 0 Å². The topological polar surface area (TPSA) is 55.1 Å². The molecule has 1 N–H and O–H groups in total. The molecular weight excluding hydrogens is 456 g/mol. The van der Waals surface area contributed by atoms with Gasteiger partial charge < -0.3 is 4.42 Å². The molecule has 0 fully saturated rings. The Hall–Kier alpha value is -1.44. The molecule has 0 saturated carbocycles. The molecule has 0 aliphatic carbocycles. The highest BCUT2D eigenvalue weighted by molar-refractivity contribution is 9.10. The number of carbonyl (C=O) groups is 1. The largest absolute Gasteiger partial charge is 0.465 e. The van der Waals surface area contributed by atoms with Crippen LogP contribution in [0.25, 0.3) is 11.3 Å². The van der Waals surface area contributed by atoms with E-state index in [1.807, 2.05) is 38.1 Å². The third-order valence-corrected chi connectivity index (χ3v) is 5.92. The zero-order valence-corrected chi connectivity index (χ0v) is 17.2. The van der Waals surface area contributed by atoms with Gasteiger partial charge >= 0.3 is 0 Å². The van der Waals surface area contributed by atoms with Gasteiger partial charge in [-0.3, -0.25) is 10.1 Å². The van der Waals surface area contributed by atoms with Gasteiger partial charge in [0.2, 0.25) is 0 Å². The smallest absolute Gasteiger partial charge is 0.262 e. The summed E-state index contributed by atoms with van der Waals surface area (Å²) >= 11 is 8.28. The number of benzene rings is 1. The molecule has 0 bridgehead atoms. The summed E-state index contributed by atoms with van der Waals surface area (Å²) in [6, 6.07) is 7.94. The summed E-state index contributed by atoms with van der Waals surface area (Å²) < 4.78 is 7.18. The number of thiazole rings is 1. The van der Waals surface area contributed by atoms with E-state index in [9.17, 15) is 4.79 Å². The van der Waals surface area contributed by atoms with E-state index >= 15 is 0 Å². The molecule has 1 aromatic carbocycles. The van der Waals surface area contributed by atoms with Gasteiger partial charge in [0.1, 0.15) is 11.5 Å². The molecule has 0 aliphatic heterocycles. The van der Waals surface area contributed by atoms with Crippen LogP contribution < -0.4 is 5.32 Å². The first-order valence-corrected chi connectivity index (χ1v) is 9.57. The van der Waals surface area contributed by atoms with Crippen LogP contribution >= 0.6 is 43.2 Å². The number of carbonyl (C=O) groups excluding carboxylic acids is 1. The Balaban J connectivity index is 1.88. The minimum absolute atomic E-state index is 0.229. The van der Waals surface area contributed by atoms with E-state index in [2.05, 4.69) is 42.2 Å². The summed E-state index contributed by atoms with van der Waals surface area (Å²) in [4.78, 5) is 18.1. The molecule has 124 valence electrons. The number of rotatable bonds is 3. The fourth-order valence-corrected chi connectivity index (χ4v) is 4.04. The molecular formula is C17H14Br2N2O2S. The second-order valence-electron chi connectivity index (χ2n) is 5.29. The van der Waals surface area contributed by atoms with Crippen LogP contribution in [-0.4, -0.2) is 10.9 Å². The maximum absolute atomic E-state index is 12.5. The minimum Gasteiger partial charge on any atom is -0.465 e. The first kappa shape index (κ1) is 17.4. The second kappa shape index (κ2) is 6.82. The first-order valence-electron chi connectivity index (χ1n) is 7.17. The number of halogens is 2. The minimum atomic E-state index is -0.229. The van der Waals surface area contributed by atoms with Crippen molar-refractivity contribution in [3.8, 4) is 11.3 Å². The van der Waals surface area contributed by atoms with Gasteiger partial charge in [-0.25, -0.2) is 4.98 Å². The third-order valence-electron chi connectivity index (χ3n) is 3.55. The Morgan fingerprint density at radius 1 is 1.12 bits per heavy atom. The molecule has 4 nitrogen and oxygen atoms in total. The van der Waals surface area contributed by atoms with Crippen molar-refractivity contribution < 1.29 is 9.21 Å². The molecule has 0 saturated heterocycles. The predicted molar refractivity (Wildman–Crippen MR) is 104 cm³/mol. The van der Waals surface area contributed by atoms with E-state index in [0.717, 1.165) is 20.6 Å². The molecule has 0 atom stereocenters. The van der Waals surface area contributed by atoms with Crippen LogP contribution in [0.2, 0.25) is 0 Å². The Labute approximate surface area is 160 Å². The normalized spacial score (nSPS) is 10.9. The maximum Gasteiger partial charge on any atom is 0.262 e. The second-order valence-corrected chi connectivity index (χ2v) is 8.20. The average molecular weight is 470 g/mol. The number of furan rings is 1. The van der Waals surface area contributed by atoms with Gasteiger partial charge in [-0.05, 0) is 48.8 Å². The highest BCUT2D eigenvalue weighted by Crippen LogP contribution is 2.33. The molecule has 0 aliphatic rings. The lowest BCUT2D eigenvalue weighted by atomic mass is 10.1. The fourth-order valence-electron chi connectivity index (χ4n) is 2.40. The first-order chi connectivity index (χ1) is 11.4. The van der Waals surface area contributed by atoms with Crippen molar-refractivity contribution in [1.82, 2.24) is 4.98 Å². The van der Waals surface area contributed by atoms with E-state index in [-0.39, 0.29) is 5.91 Å². The lowest BCUT2D eigenvalue weighted by molar-refractivity contribution is 0.102. The van der Waals surface area contributed by atoms with Gasteiger partial charge in [-0.15, -0.1) is 11.3 Å². The lowest BCUT2D eigenvalue weighted by Crippen LogP contribution is -2.12. The van der Waals surface area contributed by atoms with Crippen LogP contribution in [0.5, 0.6) is 0 Å². The summed E-state index contributed by atoms with van der Waals surface area (Å²) in [5.74, 6) is 1.04. The highest BCUT2D eigenvalue weighted by atomic mass is 79.9. The van der Waals surface area contributed by atoms with Crippen LogP contribution in [0.3, 0.4) is 0 Å². The number of aryl methyl sites for hydroxylation is 3. The molecule has 3 rings (SSSR count). The van der Waals surface area contributed by atoms with Crippen LogP contribution in [0, 0.1) is 20.8 Å². The Morgan fingerprint density at radius 3 is 2.38 bits per heavy atom. The molecule has 3 aromatic rings. The molecule has 2 heterocycles. The van der Waals surface area contributed by atoms with Crippen molar-refractivity contribution >= 4 is 54.2 Å². The predicted octanol–water partition coefficient (Wildman–Crippen LogP) is 6.11. The van der Waals surface area contributed by atoms with Gasteiger partial charge in [0.05, 0.1) is 15.7 Å². The number of hydrogen-bond acceptors (Lipinski definition) is 4. The van der Waals surface area contributed by atoms with Crippen LogP contribution in [0.15, 0.2) is 37.6 Å². The zero-order valence-electron chi connectivity index (χ0n) is 13.2. The monoisotopic (exact) mass is 468 g/mol. The number of nitrogens with zero attached hydrogens (tertiary/aromatic N) is 1. The van der Waals surface area contributed by atoms with E-state index in [1.165, 1.54) is 11.3 Å². The summed E-state index contributed by atoms with van der Waals surface area (Å²) in [7, 11) is 0. The summed E-state index contributed by atoms with van der Waals surface area (Å²) in [6.07, 6.45) is 0. The van der Waals surface area contributed by atoms with Crippen molar-refractivity contribution in [2.75, 3.05) is 5.32 Å². The van der Waals surface area contributed by atoms with E-state index in [1.54, 1.807) is 6.92 Å². The summed E-state index contributed by atoms with van der Waals surface area (Å²) in [5, 5.41) is 3.43. The van der Waals surface area contributed by atoms with Gasteiger partial charge in [-0.2, -0.15) is 0 Å². The standard InChI is InChI=1S/C17H14Br2N2O2S/c1-8-13(14(19)9(2)23-8)16(22)21-17-20-15(10(3)24-17)11-4-6-12(18)7-5-11/h4-7H,1-3H3,(H,20,21,22). The van der Waals surface area contributed by atoms with Crippen LogP contribution in [0.4, 0.5) is 5.13 Å². The molecule has 2 aromatic heterocycles. The molecule has 0 radical (unpaired) electrons. The molecule has 24 heavy (non-hydrogen) atoms. The van der Waals surface area contributed by atoms with Gasteiger partial charge in [0, 0.05) is 14.9 Å². The maximum atomic E-state index is 12.5.